The van der Waals surface area contributed by atoms with E-state index < -0.39 is 92.7 Å². The van der Waals surface area contributed by atoms with Gasteiger partial charge in [0.1, 0.15) is 55.4 Å². The van der Waals surface area contributed by atoms with E-state index in [1.807, 2.05) is 0 Å². The van der Waals surface area contributed by atoms with Gasteiger partial charge in [0.15, 0.2) is 18.7 Å². The zero-order valence-electron chi connectivity index (χ0n) is 39.7. The van der Waals surface area contributed by atoms with Gasteiger partial charge in [0.25, 0.3) is 0 Å². The van der Waals surface area contributed by atoms with Crippen LogP contribution in [0.15, 0.2) is 36.5 Å². The van der Waals surface area contributed by atoms with Crippen LogP contribution in [0.2, 0.25) is 0 Å². The molecule has 2 rings (SSSR count). The van der Waals surface area contributed by atoms with Crippen LogP contribution in [0.1, 0.15) is 174 Å². The van der Waals surface area contributed by atoms with Gasteiger partial charge in [-0.3, -0.25) is 9.59 Å². The number of ether oxygens (including phenoxy) is 6. The van der Waals surface area contributed by atoms with E-state index in [1.165, 1.54) is 51.4 Å². The molecule has 0 aromatic heterocycles. The smallest absolute Gasteiger partial charge is 0.306 e. The molecular formula is C50H88O15. The van der Waals surface area contributed by atoms with Crippen molar-refractivity contribution in [1.29, 1.82) is 0 Å². The molecule has 0 saturated carbocycles. The van der Waals surface area contributed by atoms with E-state index >= 15 is 0 Å². The number of rotatable bonds is 38. The summed E-state index contributed by atoms with van der Waals surface area (Å²) in [6, 6.07) is 0. The van der Waals surface area contributed by atoms with Crippen LogP contribution in [-0.2, 0) is 38.0 Å². The van der Waals surface area contributed by atoms with Crippen molar-refractivity contribution in [3.63, 3.8) is 0 Å². The number of esters is 2. The van der Waals surface area contributed by atoms with Gasteiger partial charge in [-0.15, -0.1) is 0 Å². The number of hydrogen-bond donors (Lipinski definition) is 7. The largest absolute Gasteiger partial charge is 0.462 e. The van der Waals surface area contributed by atoms with E-state index in [4.69, 9.17) is 28.4 Å². The molecule has 0 bridgehead atoms. The van der Waals surface area contributed by atoms with Gasteiger partial charge in [0.05, 0.1) is 19.8 Å². The lowest BCUT2D eigenvalue weighted by molar-refractivity contribution is -0.332. The van der Waals surface area contributed by atoms with Gasteiger partial charge in [0, 0.05) is 12.8 Å². The quantitative estimate of drug-likeness (QED) is 0.0198. The number of hydrogen-bond acceptors (Lipinski definition) is 15. The lowest BCUT2D eigenvalue weighted by Gasteiger charge is -2.42. The number of allylic oxidation sites excluding steroid dienone is 6. The molecule has 2 saturated heterocycles. The molecule has 0 aromatic carbocycles. The van der Waals surface area contributed by atoms with Crippen LogP contribution < -0.4 is 0 Å². The Morgan fingerprint density at radius 1 is 0.492 bits per heavy atom. The second-order valence-electron chi connectivity index (χ2n) is 17.6. The number of aliphatic hydroxyl groups is 7. The van der Waals surface area contributed by atoms with Crippen LogP contribution in [0.4, 0.5) is 0 Å². The molecule has 2 aliphatic rings. The Morgan fingerprint density at radius 2 is 0.938 bits per heavy atom. The van der Waals surface area contributed by atoms with E-state index in [2.05, 4.69) is 50.3 Å². The number of carbonyl (C=O) groups excluding carboxylic acids is 2. The first kappa shape index (κ1) is 58.8. The molecule has 2 fully saturated rings. The maximum atomic E-state index is 13.0. The zero-order chi connectivity index (χ0) is 47.5. The van der Waals surface area contributed by atoms with Gasteiger partial charge in [0.2, 0.25) is 0 Å². The molecule has 4 unspecified atom stereocenters. The molecular weight excluding hydrogens is 841 g/mol. The highest BCUT2D eigenvalue weighted by Gasteiger charge is 2.47. The molecule has 0 spiro atoms. The zero-order valence-corrected chi connectivity index (χ0v) is 39.7. The van der Waals surface area contributed by atoms with Gasteiger partial charge < -0.3 is 64.2 Å². The highest BCUT2D eigenvalue weighted by Crippen LogP contribution is 2.26. The Labute approximate surface area is 389 Å². The van der Waals surface area contributed by atoms with Gasteiger partial charge >= 0.3 is 11.9 Å². The number of carbonyl (C=O) groups is 2. The van der Waals surface area contributed by atoms with E-state index in [-0.39, 0.29) is 26.1 Å². The highest BCUT2D eigenvalue weighted by atomic mass is 16.7. The van der Waals surface area contributed by atoms with Gasteiger partial charge in [-0.05, 0) is 64.2 Å². The molecule has 65 heavy (non-hydrogen) atoms. The summed E-state index contributed by atoms with van der Waals surface area (Å²) in [7, 11) is 0. The summed E-state index contributed by atoms with van der Waals surface area (Å²) in [5.41, 5.74) is 0. The van der Waals surface area contributed by atoms with Crippen molar-refractivity contribution in [2.24, 2.45) is 0 Å². The van der Waals surface area contributed by atoms with Crippen LogP contribution in [0.5, 0.6) is 0 Å². The fourth-order valence-electron chi connectivity index (χ4n) is 7.64. The Balaban J connectivity index is 1.83. The van der Waals surface area contributed by atoms with E-state index in [0.717, 1.165) is 83.5 Å². The van der Waals surface area contributed by atoms with Crippen molar-refractivity contribution in [3.8, 4) is 0 Å². The minimum absolute atomic E-state index is 0.147. The normalized spacial score (nSPS) is 26.7. The third kappa shape index (κ3) is 26.2. The first-order valence-corrected chi connectivity index (χ1v) is 25.1. The Morgan fingerprint density at radius 3 is 1.49 bits per heavy atom. The van der Waals surface area contributed by atoms with E-state index in [9.17, 15) is 45.3 Å². The lowest BCUT2D eigenvalue weighted by atomic mass is 9.98. The van der Waals surface area contributed by atoms with Gasteiger partial charge in [-0.2, -0.15) is 0 Å². The van der Waals surface area contributed by atoms with Crippen molar-refractivity contribution >= 4 is 11.9 Å². The predicted octanol–water partition coefficient (Wildman–Crippen LogP) is 6.54. The van der Waals surface area contributed by atoms with Crippen LogP contribution in [0.3, 0.4) is 0 Å². The summed E-state index contributed by atoms with van der Waals surface area (Å²) in [4.78, 5) is 25.7. The summed E-state index contributed by atoms with van der Waals surface area (Å²) in [6.07, 6.45) is 21.7. The third-order valence-electron chi connectivity index (χ3n) is 11.8. The molecule has 11 atom stereocenters. The molecule has 378 valence electrons. The predicted molar refractivity (Wildman–Crippen MR) is 247 cm³/mol. The molecule has 15 nitrogen and oxygen atoms in total. The number of unbranched alkanes of at least 4 members (excludes halogenated alkanes) is 18. The minimum atomic E-state index is -1.77. The third-order valence-corrected chi connectivity index (χ3v) is 11.8. The fraction of sp³-hybridized carbons (Fsp3) is 0.840. The standard InChI is InChI=1S/C50H88O15/c1-3-5-7-9-11-13-15-17-19-21-22-24-26-28-30-32-41(52)60-35-38(63-42(53)33-31-29-27-25-23-20-18-16-14-12-10-8-6-4-2)36-61-49-48(59)46(57)44(55)40(65-49)37-62-50-47(58)45(56)43(54)39(34-51)64-50/h10,12,16-19,38-40,43-51,54-59H,3-9,11,13-15,20-37H2,1-2H3/b12-10+,18-16+,19-17+/t38-,39-,40-,43+,44+,45?,46?,47?,48?,49-,50-/m1/s1. The second-order valence-corrected chi connectivity index (χ2v) is 17.6. The summed E-state index contributed by atoms with van der Waals surface area (Å²) in [5, 5.41) is 72.0. The van der Waals surface area contributed by atoms with Crippen LogP contribution in [0, 0.1) is 0 Å². The lowest BCUT2D eigenvalue weighted by Crippen LogP contribution is -2.61. The average Bonchev–Trinajstić information content (AvgIpc) is 3.30. The summed E-state index contributed by atoms with van der Waals surface area (Å²) in [5.74, 6) is -0.951. The van der Waals surface area contributed by atoms with Crippen molar-refractivity contribution in [1.82, 2.24) is 0 Å². The fourth-order valence-corrected chi connectivity index (χ4v) is 7.64. The second kappa shape index (κ2) is 37.7. The first-order chi connectivity index (χ1) is 31.5. The molecule has 15 heteroatoms. The minimum Gasteiger partial charge on any atom is -0.462 e. The Bertz CT molecular complexity index is 1280. The number of aliphatic hydroxyl groups excluding tert-OH is 7. The van der Waals surface area contributed by atoms with Crippen molar-refractivity contribution < 1.29 is 73.8 Å². The monoisotopic (exact) mass is 929 g/mol. The summed E-state index contributed by atoms with van der Waals surface area (Å²) in [6.45, 7) is 2.51. The van der Waals surface area contributed by atoms with Crippen LogP contribution >= 0.6 is 0 Å². The van der Waals surface area contributed by atoms with E-state index in [1.54, 1.807) is 0 Å². The molecule has 0 aliphatic carbocycles. The maximum absolute atomic E-state index is 13.0. The molecule has 0 amide bonds. The van der Waals surface area contributed by atoms with E-state index in [0.29, 0.717) is 12.8 Å². The summed E-state index contributed by atoms with van der Waals surface area (Å²) < 4.78 is 33.5. The Hall–Kier alpha value is -2.28. The topological polar surface area (TPSA) is 231 Å². The summed E-state index contributed by atoms with van der Waals surface area (Å²) >= 11 is 0. The van der Waals surface area contributed by atoms with Crippen molar-refractivity contribution in [2.75, 3.05) is 26.4 Å². The maximum Gasteiger partial charge on any atom is 0.306 e. The van der Waals surface area contributed by atoms with Gasteiger partial charge in [-0.1, -0.05) is 134 Å². The van der Waals surface area contributed by atoms with Crippen molar-refractivity contribution in [2.45, 2.75) is 242 Å². The molecule has 0 radical (unpaired) electrons. The molecule has 2 heterocycles. The average molecular weight is 929 g/mol. The molecule has 2 aliphatic heterocycles. The SMILES string of the molecule is CCCC/C=C/C/C=C/CCCCCCCC(=O)O[C@H](COC(=O)CCCCCCC/C=C/CCCCCCCC)CO[C@@H]1O[C@H](CO[C@@H]2O[C@H](CO)[C@H](O)C(O)C2O)[C@H](O)C(O)C1O. The Kier molecular flexibility index (Phi) is 34.1. The van der Waals surface area contributed by atoms with Crippen LogP contribution in [0.25, 0.3) is 0 Å². The molecule has 0 aromatic rings. The van der Waals surface area contributed by atoms with Crippen LogP contribution in [-0.4, -0.2) is 142 Å². The highest BCUT2D eigenvalue weighted by molar-refractivity contribution is 5.70. The first-order valence-electron chi connectivity index (χ1n) is 25.1. The molecule has 7 N–H and O–H groups in total. The van der Waals surface area contributed by atoms with Gasteiger partial charge in [-0.25, -0.2) is 0 Å². The van der Waals surface area contributed by atoms with Crippen molar-refractivity contribution in [3.05, 3.63) is 36.5 Å².